The lowest BCUT2D eigenvalue weighted by molar-refractivity contribution is 0.0234. The Balaban J connectivity index is 1.84. The fourth-order valence-electron chi connectivity index (χ4n) is 3.14. The summed E-state index contributed by atoms with van der Waals surface area (Å²) in [5.74, 6) is -0.139. The highest BCUT2D eigenvalue weighted by Crippen LogP contribution is 2.38. The minimum atomic E-state index is -0.408. The maximum atomic E-state index is 13.7. The van der Waals surface area contributed by atoms with E-state index in [0.717, 1.165) is 5.56 Å². The molecule has 132 valence electrons. The molecule has 0 radical (unpaired) electrons. The minimum Gasteiger partial charge on any atom is -0.481 e. The zero-order chi connectivity index (χ0) is 18.0. The number of halogens is 1. The highest BCUT2D eigenvalue weighted by molar-refractivity contribution is 5.95. The summed E-state index contributed by atoms with van der Waals surface area (Å²) in [6.07, 6.45) is 2.54. The zero-order valence-electron chi connectivity index (χ0n) is 14.2. The Morgan fingerprint density at radius 2 is 2.12 bits per heavy atom. The van der Waals surface area contributed by atoms with Crippen molar-refractivity contribution in [1.82, 2.24) is 10.3 Å². The van der Waals surface area contributed by atoms with Gasteiger partial charge in [0.1, 0.15) is 5.82 Å². The molecule has 2 aromatic rings. The van der Waals surface area contributed by atoms with Crippen LogP contribution in [0.25, 0.3) is 0 Å². The molecule has 1 aliphatic rings. The van der Waals surface area contributed by atoms with Gasteiger partial charge in [-0.25, -0.2) is 9.37 Å². The molecule has 1 aromatic carbocycles. The largest absolute Gasteiger partial charge is 0.481 e. The van der Waals surface area contributed by atoms with Crippen LogP contribution >= 0.6 is 0 Å². The summed E-state index contributed by atoms with van der Waals surface area (Å²) >= 11 is 0. The molecule has 3 rings (SSSR count). The van der Waals surface area contributed by atoms with Gasteiger partial charge in [-0.05, 0) is 48.9 Å². The van der Waals surface area contributed by atoms with Crippen LogP contribution in [0.5, 0.6) is 5.88 Å². The maximum absolute atomic E-state index is 13.7. The summed E-state index contributed by atoms with van der Waals surface area (Å²) in [4.78, 5) is 16.9. The van der Waals surface area contributed by atoms with E-state index in [-0.39, 0.29) is 24.0 Å². The molecule has 1 heterocycles. The minimum absolute atomic E-state index is 0.114. The van der Waals surface area contributed by atoms with Gasteiger partial charge in [0.05, 0.1) is 19.3 Å². The van der Waals surface area contributed by atoms with Crippen molar-refractivity contribution in [2.75, 3.05) is 7.11 Å². The molecular weight excluding hydrogens is 323 g/mol. The van der Waals surface area contributed by atoms with Crippen molar-refractivity contribution < 1.29 is 19.0 Å². The number of amides is 1. The first kappa shape index (κ1) is 17.4. The van der Waals surface area contributed by atoms with Crippen molar-refractivity contribution in [2.45, 2.75) is 31.9 Å². The standard InChI is InChI=1S/C19H21FN2O3/c1-11-15(4-3-5-16(11)20)19(24)22-18(13-8-14(23)9-13)12-6-7-17(25-2)21-10-12/h3-7,10,13-14,18,23H,8-9H2,1-2H3,(H,22,24)/t13?,14?,18-/m1/s1. The van der Waals surface area contributed by atoms with Crippen LogP contribution in [0.15, 0.2) is 36.5 Å². The first-order chi connectivity index (χ1) is 12.0. The van der Waals surface area contributed by atoms with E-state index >= 15 is 0 Å². The highest BCUT2D eigenvalue weighted by atomic mass is 19.1. The highest BCUT2D eigenvalue weighted by Gasteiger charge is 2.36. The average molecular weight is 344 g/mol. The predicted octanol–water partition coefficient (Wildman–Crippen LogP) is 2.78. The lowest BCUT2D eigenvalue weighted by atomic mass is 9.75. The Hall–Kier alpha value is -2.47. The molecule has 5 nitrogen and oxygen atoms in total. The Morgan fingerprint density at radius 1 is 1.36 bits per heavy atom. The third-order valence-electron chi connectivity index (χ3n) is 4.75. The molecule has 0 aliphatic heterocycles. The quantitative estimate of drug-likeness (QED) is 0.875. The Labute approximate surface area is 145 Å². The summed E-state index contributed by atoms with van der Waals surface area (Å²) in [5.41, 5.74) is 1.46. The number of rotatable bonds is 5. The number of ether oxygens (including phenoxy) is 1. The summed E-state index contributed by atoms with van der Waals surface area (Å²) < 4.78 is 18.8. The number of pyridine rings is 1. The predicted molar refractivity (Wildman–Crippen MR) is 90.9 cm³/mol. The number of nitrogens with one attached hydrogen (secondary N) is 1. The van der Waals surface area contributed by atoms with Crippen molar-refractivity contribution in [3.05, 3.63) is 59.0 Å². The fourth-order valence-corrected chi connectivity index (χ4v) is 3.14. The van der Waals surface area contributed by atoms with E-state index < -0.39 is 5.82 Å². The first-order valence-corrected chi connectivity index (χ1v) is 8.23. The van der Waals surface area contributed by atoms with E-state index in [2.05, 4.69) is 10.3 Å². The van der Waals surface area contributed by atoms with Crippen LogP contribution in [0.1, 0.15) is 40.4 Å². The van der Waals surface area contributed by atoms with Gasteiger partial charge in [0.15, 0.2) is 0 Å². The Kier molecular flexibility index (Phi) is 4.99. The van der Waals surface area contributed by atoms with Gasteiger partial charge in [0.25, 0.3) is 5.91 Å². The smallest absolute Gasteiger partial charge is 0.252 e. The average Bonchev–Trinajstić information content (AvgIpc) is 2.59. The van der Waals surface area contributed by atoms with Gasteiger partial charge in [-0.15, -0.1) is 0 Å². The second-order valence-electron chi connectivity index (χ2n) is 6.38. The van der Waals surface area contributed by atoms with Gasteiger partial charge < -0.3 is 15.2 Å². The second-order valence-corrected chi connectivity index (χ2v) is 6.38. The van der Waals surface area contributed by atoms with Crippen LogP contribution in [0.3, 0.4) is 0 Å². The van der Waals surface area contributed by atoms with Crippen molar-refractivity contribution in [3.63, 3.8) is 0 Å². The van der Waals surface area contributed by atoms with Crippen molar-refractivity contribution >= 4 is 5.91 Å². The number of aromatic nitrogens is 1. The Morgan fingerprint density at radius 3 is 2.72 bits per heavy atom. The molecule has 6 heteroatoms. The van der Waals surface area contributed by atoms with Crippen molar-refractivity contribution in [1.29, 1.82) is 0 Å². The number of aliphatic hydroxyl groups is 1. The van der Waals surface area contributed by atoms with Crippen LogP contribution < -0.4 is 10.1 Å². The number of aliphatic hydroxyl groups excluding tert-OH is 1. The first-order valence-electron chi connectivity index (χ1n) is 8.23. The zero-order valence-corrected chi connectivity index (χ0v) is 14.2. The summed E-state index contributed by atoms with van der Waals surface area (Å²) in [7, 11) is 1.54. The third kappa shape index (κ3) is 3.64. The van der Waals surface area contributed by atoms with E-state index in [9.17, 15) is 14.3 Å². The number of hydrogen-bond acceptors (Lipinski definition) is 4. The molecule has 0 unspecified atom stereocenters. The SMILES string of the molecule is COc1ccc([C@@H](NC(=O)c2cccc(F)c2C)C2CC(O)C2)cn1. The van der Waals surface area contributed by atoms with E-state index in [1.165, 1.54) is 19.2 Å². The van der Waals surface area contributed by atoms with Crippen LogP contribution in [0.4, 0.5) is 4.39 Å². The van der Waals surface area contributed by atoms with Gasteiger partial charge in [-0.2, -0.15) is 0 Å². The van der Waals surface area contributed by atoms with Gasteiger partial charge in [0.2, 0.25) is 5.88 Å². The molecule has 0 spiro atoms. The number of hydrogen-bond donors (Lipinski definition) is 2. The van der Waals surface area contributed by atoms with Gasteiger partial charge in [-0.1, -0.05) is 12.1 Å². The van der Waals surface area contributed by atoms with E-state index in [1.807, 2.05) is 6.07 Å². The van der Waals surface area contributed by atoms with Crippen molar-refractivity contribution in [3.8, 4) is 5.88 Å². The molecule has 1 amide bonds. The monoisotopic (exact) mass is 344 g/mol. The summed E-state index contributed by atoms with van der Waals surface area (Å²) in [5, 5.41) is 12.6. The molecule has 0 bridgehead atoms. The van der Waals surface area contributed by atoms with Crippen LogP contribution in [0.2, 0.25) is 0 Å². The number of benzene rings is 1. The molecule has 1 fully saturated rings. The molecule has 25 heavy (non-hydrogen) atoms. The Bertz CT molecular complexity index is 758. The second kappa shape index (κ2) is 7.19. The molecule has 2 N–H and O–H groups in total. The van der Waals surface area contributed by atoms with Gasteiger partial charge in [-0.3, -0.25) is 4.79 Å². The fraction of sp³-hybridized carbons (Fsp3) is 0.368. The van der Waals surface area contributed by atoms with E-state index in [1.54, 1.807) is 25.3 Å². The molecule has 1 aliphatic carbocycles. The topological polar surface area (TPSA) is 71.5 Å². The maximum Gasteiger partial charge on any atom is 0.252 e. The number of nitrogens with zero attached hydrogens (tertiary/aromatic N) is 1. The van der Waals surface area contributed by atoms with Crippen molar-refractivity contribution in [2.24, 2.45) is 5.92 Å². The third-order valence-corrected chi connectivity index (χ3v) is 4.75. The van der Waals surface area contributed by atoms with Crippen LogP contribution in [0, 0.1) is 18.7 Å². The van der Waals surface area contributed by atoms with Crippen LogP contribution in [-0.2, 0) is 0 Å². The van der Waals surface area contributed by atoms with E-state index in [0.29, 0.717) is 29.8 Å². The number of carbonyl (C=O) groups is 1. The summed E-state index contributed by atoms with van der Waals surface area (Å²) in [6.45, 7) is 1.58. The molecule has 0 saturated heterocycles. The number of methoxy groups -OCH3 is 1. The lowest BCUT2D eigenvalue weighted by Gasteiger charge is -2.38. The van der Waals surface area contributed by atoms with Gasteiger partial charge >= 0.3 is 0 Å². The normalized spacial score (nSPS) is 20.5. The van der Waals surface area contributed by atoms with E-state index in [4.69, 9.17) is 4.74 Å². The van der Waals surface area contributed by atoms with Crippen LogP contribution in [-0.4, -0.2) is 29.2 Å². The molecular formula is C19H21FN2O3. The lowest BCUT2D eigenvalue weighted by Crippen LogP contribution is -2.41. The molecule has 1 aromatic heterocycles. The molecule has 1 atom stereocenters. The summed E-state index contributed by atoms with van der Waals surface area (Å²) in [6, 6.07) is 7.74. The van der Waals surface area contributed by atoms with Gasteiger partial charge in [0, 0.05) is 17.8 Å². The number of carbonyl (C=O) groups excluding carboxylic acids is 1. The molecule has 1 saturated carbocycles.